The third-order valence-corrected chi connectivity index (χ3v) is 4.42. The van der Waals surface area contributed by atoms with Crippen LogP contribution in [0.4, 0.5) is 0 Å². The van der Waals surface area contributed by atoms with Crippen molar-refractivity contribution in [1.82, 2.24) is 4.90 Å². The van der Waals surface area contributed by atoms with Crippen molar-refractivity contribution in [3.8, 4) is 0 Å². The van der Waals surface area contributed by atoms with Crippen LogP contribution < -0.4 is 5.73 Å². The average molecular weight is 242 g/mol. The lowest BCUT2D eigenvalue weighted by atomic mass is 9.84. The minimum Gasteiger partial charge on any atom is -0.380 e. The molecule has 0 aliphatic heterocycles. The van der Waals surface area contributed by atoms with Crippen LogP contribution in [0.2, 0.25) is 0 Å². The summed E-state index contributed by atoms with van der Waals surface area (Å²) in [6.45, 7) is 4.06. The summed E-state index contributed by atoms with van der Waals surface area (Å²) in [6.07, 6.45) is 8.20. The van der Waals surface area contributed by atoms with E-state index in [9.17, 15) is 0 Å². The summed E-state index contributed by atoms with van der Waals surface area (Å²) < 4.78 is 5.32. The number of nitrogens with zero attached hydrogens (tertiary/aromatic N) is 1. The third-order valence-electron chi connectivity index (χ3n) is 4.42. The Hall–Kier alpha value is -0.120. The van der Waals surface area contributed by atoms with Gasteiger partial charge in [0.15, 0.2) is 0 Å². The first-order valence-electron chi connectivity index (χ1n) is 7.14. The molecule has 3 heteroatoms. The second kappa shape index (κ2) is 8.06. The van der Waals surface area contributed by atoms with Crippen molar-refractivity contribution in [2.24, 2.45) is 11.7 Å². The first-order chi connectivity index (χ1) is 8.21. The molecule has 0 spiro atoms. The summed E-state index contributed by atoms with van der Waals surface area (Å²) in [5.41, 5.74) is 5.64. The van der Waals surface area contributed by atoms with Crippen LogP contribution in [-0.2, 0) is 4.74 Å². The molecule has 1 rings (SSSR count). The van der Waals surface area contributed by atoms with E-state index in [-0.39, 0.29) is 6.10 Å². The van der Waals surface area contributed by atoms with Gasteiger partial charge in [-0.15, -0.1) is 0 Å². The minimum absolute atomic E-state index is 0.226. The maximum atomic E-state index is 5.64. The second-order valence-corrected chi connectivity index (χ2v) is 5.45. The first-order valence-corrected chi connectivity index (χ1v) is 7.14. The van der Waals surface area contributed by atoms with E-state index in [1.807, 2.05) is 0 Å². The molecular formula is C14H30N2O. The van der Waals surface area contributed by atoms with Crippen LogP contribution in [0.1, 0.15) is 45.4 Å². The number of ether oxygens (including phenoxy) is 1. The van der Waals surface area contributed by atoms with E-state index >= 15 is 0 Å². The molecule has 2 N–H and O–H groups in total. The summed E-state index contributed by atoms with van der Waals surface area (Å²) in [5, 5.41) is 0. The van der Waals surface area contributed by atoms with Gasteiger partial charge in [-0.2, -0.15) is 0 Å². The number of hydrogen-bond donors (Lipinski definition) is 1. The molecule has 1 saturated carbocycles. The van der Waals surface area contributed by atoms with E-state index in [4.69, 9.17) is 10.5 Å². The molecule has 1 unspecified atom stereocenters. The molecule has 0 aromatic heterocycles. The highest BCUT2D eigenvalue weighted by atomic mass is 16.5. The van der Waals surface area contributed by atoms with Crippen LogP contribution in [-0.4, -0.2) is 44.3 Å². The van der Waals surface area contributed by atoms with Crippen molar-refractivity contribution in [3.05, 3.63) is 0 Å². The molecular weight excluding hydrogens is 212 g/mol. The molecule has 1 fully saturated rings. The van der Waals surface area contributed by atoms with E-state index in [1.165, 1.54) is 32.1 Å². The Bertz CT molecular complexity index is 187. The molecule has 3 nitrogen and oxygen atoms in total. The molecule has 0 saturated heterocycles. The Balaban J connectivity index is 2.22. The Morgan fingerprint density at radius 1 is 1.29 bits per heavy atom. The first kappa shape index (κ1) is 14.9. The Morgan fingerprint density at radius 2 is 1.94 bits per heavy atom. The minimum atomic E-state index is 0.226. The highest BCUT2D eigenvalue weighted by Gasteiger charge is 2.23. The molecule has 17 heavy (non-hydrogen) atoms. The fraction of sp³-hybridized carbons (Fsp3) is 1.00. The summed E-state index contributed by atoms with van der Waals surface area (Å²) >= 11 is 0. The number of methoxy groups -OCH3 is 1. The fourth-order valence-electron chi connectivity index (χ4n) is 2.86. The second-order valence-electron chi connectivity index (χ2n) is 5.45. The van der Waals surface area contributed by atoms with Gasteiger partial charge in [0, 0.05) is 26.2 Å². The molecule has 0 radical (unpaired) electrons. The van der Waals surface area contributed by atoms with E-state index in [0.29, 0.717) is 6.54 Å². The Labute approximate surface area is 107 Å². The smallest absolute Gasteiger partial charge is 0.0705 e. The monoisotopic (exact) mass is 242 g/mol. The maximum Gasteiger partial charge on any atom is 0.0705 e. The molecule has 1 atom stereocenters. The van der Waals surface area contributed by atoms with Gasteiger partial charge in [0.05, 0.1) is 6.10 Å². The third kappa shape index (κ3) is 4.94. The van der Waals surface area contributed by atoms with Gasteiger partial charge in [0.25, 0.3) is 0 Å². The van der Waals surface area contributed by atoms with Crippen LogP contribution in [0.15, 0.2) is 0 Å². The molecule has 102 valence electrons. The largest absolute Gasteiger partial charge is 0.380 e. The van der Waals surface area contributed by atoms with Crippen molar-refractivity contribution in [3.63, 3.8) is 0 Å². The zero-order chi connectivity index (χ0) is 12.7. The van der Waals surface area contributed by atoms with Gasteiger partial charge in [-0.25, -0.2) is 0 Å². The molecule has 0 bridgehead atoms. The summed E-state index contributed by atoms with van der Waals surface area (Å²) in [4.78, 5) is 2.51. The Morgan fingerprint density at radius 3 is 2.41 bits per heavy atom. The van der Waals surface area contributed by atoms with E-state index < -0.39 is 0 Å². The van der Waals surface area contributed by atoms with Crippen LogP contribution in [0.25, 0.3) is 0 Å². The normalized spacial score (nSPS) is 27.4. The van der Waals surface area contributed by atoms with Gasteiger partial charge in [-0.05, 0) is 45.1 Å². The maximum absolute atomic E-state index is 5.64. The lowest BCUT2D eigenvalue weighted by Crippen LogP contribution is -2.37. The SMILES string of the molecule is CCC1CCC(N(C)CCC(CN)OC)CC1. The van der Waals surface area contributed by atoms with Crippen molar-refractivity contribution >= 4 is 0 Å². The van der Waals surface area contributed by atoms with E-state index in [0.717, 1.165) is 24.9 Å². The molecule has 0 heterocycles. The van der Waals surface area contributed by atoms with Crippen molar-refractivity contribution in [2.45, 2.75) is 57.6 Å². The summed E-state index contributed by atoms with van der Waals surface area (Å²) in [7, 11) is 4.00. The zero-order valence-corrected chi connectivity index (χ0v) is 11.8. The van der Waals surface area contributed by atoms with Gasteiger partial charge in [0.1, 0.15) is 0 Å². The van der Waals surface area contributed by atoms with Crippen LogP contribution in [0, 0.1) is 5.92 Å². The summed E-state index contributed by atoms with van der Waals surface area (Å²) in [6, 6.07) is 0.785. The highest BCUT2D eigenvalue weighted by molar-refractivity contribution is 4.78. The molecule has 1 aliphatic carbocycles. The van der Waals surface area contributed by atoms with E-state index in [1.54, 1.807) is 7.11 Å². The van der Waals surface area contributed by atoms with Gasteiger partial charge in [-0.3, -0.25) is 0 Å². The predicted molar refractivity (Wildman–Crippen MR) is 73.1 cm³/mol. The molecule has 0 amide bonds. The predicted octanol–water partition coefficient (Wildman–Crippen LogP) is 2.25. The van der Waals surface area contributed by atoms with Crippen LogP contribution in [0.3, 0.4) is 0 Å². The average Bonchev–Trinajstić information content (AvgIpc) is 2.39. The number of nitrogens with two attached hydrogens (primary N) is 1. The fourth-order valence-corrected chi connectivity index (χ4v) is 2.86. The Kier molecular flexibility index (Phi) is 7.09. The van der Waals surface area contributed by atoms with Gasteiger partial charge in [-0.1, -0.05) is 13.3 Å². The van der Waals surface area contributed by atoms with Crippen LogP contribution in [0.5, 0.6) is 0 Å². The van der Waals surface area contributed by atoms with Crippen molar-refractivity contribution < 1.29 is 4.74 Å². The van der Waals surface area contributed by atoms with Crippen molar-refractivity contribution in [1.29, 1.82) is 0 Å². The standard InChI is InChI=1S/C14H30N2O/c1-4-12-5-7-13(8-6-12)16(2)10-9-14(11-15)17-3/h12-14H,4-11,15H2,1-3H3. The van der Waals surface area contributed by atoms with Crippen molar-refractivity contribution in [2.75, 3.05) is 27.2 Å². The lowest BCUT2D eigenvalue weighted by molar-refractivity contribution is 0.0804. The van der Waals surface area contributed by atoms with E-state index in [2.05, 4.69) is 18.9 Å². The van der Waals surface area contributed by atoms with Gasteiger partial charge in [0.2, 0.25) is 0 Å². The molecule has 1 aliphatic rings. The van der Waals surface area contributed by atoms with Gasteiger partial charge < -0.3 is 15.4 Å². The number of rotatable bonds is 7. The molecule has 0 aromatic carbocycles. The van der Waals surface area contributed by atoms with Crippen LogP contribution >= 0.6 is 0 Å². The topological polar surface area (TPSA) is 38.5 Å². The summed E-state index contributed by atoms with van der Waals surface area (Å²) in [5.74, 6) is 0.982. The quantitative estimate of drug-likeness (QED) is 0.744. The zero-order valence-electron chi connectivity index (χ0n) is 11.8. The number of hydrogen-bond acceptors (Lipinski definition) is 3. The molecule has 0 aromatic rings. The van der Waals surface area contributed by atoms with Gasteiger partial charge >= 0.3 is 0 Å². The highest BCUT2D eigenvalue weighted by Crippen LogP contribution is 2.28. The lowest BCUT2D eigenvalue weighted by Gasteiger charge is -2.35.